The average molecular weight is 480 g/mol. The molecule has 9 nitrogen and oxygen atoms in total. The smallest absolute Gasteiger partial charge is 0.255 e. The molecule has 2 saturated heterocycles. The summed E-state index contributed by atoms with van der Waals surface area (Å²) in [4.78, 5) is 56.1. The third-order valence-corrected chi connectivity index (χ3v) is 9.20. The van der Waals surface area contributed by atoms with E-state index in [1.54, 1.807) is 4.90 Å². The van der Waals surface area contributed by atoms with Crippen LogP contribution < -0.4 is 16.0 Å². The number of hydrogen-bond acceptors (Lipinski definition) is 6. The molecule has 5 fully saturated rings. The second-order valence-electron chi connectivity index (χ2n) is 11.2. The van der Waals surface area contributed by atoms with Crippen molar-refractivity contribution in [2.45, 2.75) is 69.5 Å². The molecule has 1 aromatic rings. The van der Waals surface area contributed by atoms with Crippen LogP contribution in [0.3, 0.4) is 0 Å². The van der Waals surface area contributed by atoms with Crippen LogP contribution in [0, 0.1) is 5.41 Å². The largest absolute Gasteiger partial charge is 0.368 e. The zero-order chi connectivity index (χ0) is 24.4. The highest BCUT2D eigenvalue weighted by Gasteiger charge is 2.52. The highest BCUT2D eigenvalue weighted by Crippen LogP contribution is 2.52. The van der Waals surface area contributed by atoms with E-state index < -0.39 is 11.9 Å². The summed E-state index contributed by atoms with van der Waals surface area (Å²) in [5, 5.41) is 2.35. The average Bonchev–Trinajstić information content (AvgIpc) is 3.20. The highest BCUT2D eigenvalue weighted by molar-refractivity contribution is 6.05. The molecule has 9 heteroatoms. The Morgan fingerprint density at radius 3 is 2.31 bits per heavy atom. The number of nitrogens with zero attached hydrogens (tertiary/aromatic N) is 3. The fourth-order valence-electron chi connectivity index (χ4n) is 6.80. The molecule has 3 aliphatic carbocycles. The van der Waals surface area contributed by atoms with Crippen molar-refractivity contribution in [2.75, 3.05) is 31.1 Å². The van der Waals surface area contributed by atoms with Gasteiger partial charge in [0.2, 0.25) is 17.7 Å². The molecule has 0 spiro atoms. The number of amides is 4. The number of nitrogens with two attached hydrogens (primary N) is 1. The van der Waals surface area contributed by atoms with Gasteiger partial charge in [0.1, 0.15) is 6.04 Å². The van der Waals surface area contributed by atoms with Gasteiger partial charge in [-0.2, -0.15) is 0 Å². The second kappa shape index (κ2) is 8.05. The molecule has 3 heterocycles. The van der Waals surface area contributed by atoms with Crippen LogP contribution in [0.1, 0.15) is 67.3 Å². The SMILES string of the molecule is NC12CCC(C(=O)N3CCN(c4ccc5c(c4)CN(C4CCC(=O)NC4=O)C5=O)CC3)(CC1)CC2. The molecule has 1 aromatic carbocycles. The molecule has 2 bridgehead atoms. The molecule has 1 atom stereocenters. The highest BCUT2D eigenvalue weighted by atomic mass is 16.2. The number of nitrogens with one attached hydrogen (secondary N) is 1. The molecular weight excluding hydrogens is 446 g/mol. The number of anilines is 1. The Kier molecular flexibility index (Phi) is 5.18. The van der Waals surface area contributed by atoms with Crippen LogP contribution in [-0.4, -0.2) is 71.2 Å². The summed E-state index contributed by atoms with van der Waals surface area (Å²) in [5.74, 6) is -0.513. The number of piperidine rings is 1. The Morgan fingerprint density at radius 2 is 1.66 bits per heavy atom. The Labute approximate surface area is 205 Å². The summed E-state index contributed by atoms with van der Waals surface area (Å²) in [6, 6.07) is 5.25. The summed E-state index contributed by atoms with van der Waals surface area (Å²) in [5.41, 5.74) is 8.77. The minimum atomic E-state index is -0.603. The van der Waals surface area contributed by atoms with Crippen molar-refractivity contribution in [1.82, 2.24) is 15.1 Å². The van der Waals surface area contributed by atoms with Crippen LogP contribution >= 0.6 is 0 Å². The molecule has 186 valence electrons. The predicted octanol–water partition coefficient (Wildman–Crippen LogP) is 1.15. The third-order valence-electron chi connectivity index (χ3n) is 9.20. The van der Waals surface area contributed by atoms with Crippen LogP contribution in [0.4, 0.5) is 5.69 Å². The van der Waals surface area contributed by atoms with E-state index in [0.29, 0.717) is 37.5 Å². The molecule has 7 rings (SSSR count). The van der Waals surface area contributed by atoms with Gasteiger partial charge in [-0.05, 0) is 68.7 Å². The molecule has 1 unspecified atom stereocenters. The van der Waals surface area contributed by atoms with E-state index in [4.69, 9.17) is 5.73 Å². The minimum Gasteiger partial charge on any atom is -0.368 e. The van der Waals surface area contributed by atoms with E-state index in [0.717, 1.165) is 62.9 Å². The number of hydrogen-bond donors (Lipinski definition) is 2. The second-order valence-corrected chi connectivity index (χ2v) is 11.2. The fourth-order valence-corrected chi connectivity index (χ4v) is 6.80. The number of piperazine rings is 1. The van der Waals surface area contributed by atoms with Crippen LogP contribution in [0.25, 0.3) is 0 Å². The summed E-state index contributed by atoms with van der Waals surface area (Å²) >= 11 is 0. The topological polar surface area (TPSA) is 116 Å². The standard InChI is InChI=1S/C26H33N5O4/c27-26-8-5-25(6-9-26,7-10-26)24(35)30-13-11-29(12-14-30)18-1-2-19-17(15-18)16-31(23(19)34)20-3-4-21(32)28-22(20)33/h1-2,15,20H,3-14,16,27H2,(H,28,32,33). The van der Waals surface area contributed by atoms with E-state index >= 15 is 0 Å². The minimum absolute atomic E-state index is 0.0382. The van der Waals surface area contributed by atoms with Crippen molar-refractivity contribution in [3.63, 3.8) is 0 Å². The van der Waals surface area contributed by atoms with Gasteiger partial charge in [0, 0.05) is 61.3 Å². The molecule has 4 amide bonds. The van der Waals surface area contributed by atoms with Gasteiger partial charge in [0.05, 0.1) is 0 Å². The molecular formula is C26H33N5O4. The lowest BCUT2D eigenvalue weighted by atomic mass is 9.57. The van der Waals surface area contributed by atoms with E-state index in [9.17, 15) is 19.2 Å². The van der Waals surface area contributed by atoms with E-state index in [1.807, 2.05) is 23.1 Å². The number of carbonyl (C=O) groups excluding carboxylic acids is 4. The number of rotatable bonds is 3. The Bertz CT molecular complexity index is 1080. The Morgan fingerprint density at radius 1 is 0.971 bits per heavy atom. The molecule has 3 N–H and O–H groups in total. The summed E-state index contributed by atoms with van der Waals surface area (Å²) < 4.78 is 0. The van der Waals surface area contributed by atoms with Crippen molar-refractivity contribution in [3.05, 3.63) is 29.3 Å². The van der Waals surface area contributed by atoms with Gasteiger partial charge < -0.3 is 20.4 Å². The van der Waals surface area contributed by atoms with Gasteiger partial charge >= 0.3 is 0 Å². The summed E-state index contributed by atoms with van der Waals surface area (Å²) in [7, 11) is 0. The number of fused-ring (bicyclic) bond motifs is 4. The van der Waals surface area contributed by atoms with Gasteiger partial charge in [-0.15, -0.1) is 0 Å². The van der Waals surface area contributed by atoms with E-state index in [1.165, 1.54) is 0 Å². The maximum absolute atomic E-state index is 13.5. The van der Waals surface area contributed by atoms with Crippen molar-refractivity contribution in [2.24, 2.45) is 11.1 Å². The maximum atomic E-state index is 13.5. The lowest BCUT2D eigenvalue weighted by molar-refractivity contribution is -0.149. The first-order chi connectivity index (χ1) is 16.8. The summed E-state index contributed by atoms with van der Waals surface area (Å²) in [6.45, 7) is 3.29. The first-order valence-corrected chi connectivity index (χ1v) is 12.9. The normalized spacial score (nSPS) is 32.7. The van der Waals surface area contributed by atoms with Crippen molar-refractivity contribution in [1.29, 1.82) is 0 Å². The van der Waals surface area contributed by atoms with Gasteiger partial charge in [0.15, 0.2) is 0 Å². The van der Waals surface area contributed by atoms with Gasteiger partial charge in [-0.25, -0.2) is 0 Å². The van der Waals surface area contributed by atoms with Gasteiger partial charge in [0.25, 0.3) is 5.91 Å². The zero-order valence-corrected chi connectivity index (χ0v) is 20.1. The summed E-state index contributed by atoms with van der Waals surface area (Å²) in [6.07, 6.45) is 6.26. The predicted molar refractivity (Wildman–Crippen MR) is 128 cm³/mol. The van der Waals surface area contributed by atoms with E-state index in [2.05, 4.69) is 10.2 Å². The first kappa shape index (κ1) is 22.5. The first-order valence-electron chi connectivity index (χ1n) is 12.9. The number of carbonyl (C=O) groups is 4. The van der Waals surface area contributed by atoms with Crippen LogP contribution in [0.5, 0.6) is 0 Å². The molecule has 0 radical (unpaired) electrons. The molecule has 3 aliphatic heterocycles. The molecule has 35 heavy (non-hydrogen) atoms. The monoisotopic (exact) mass is 479 g/mol. The molecule has 6 aliphatic rings. The lowest BCUT2D eigenvalue weighted by Gasteiger charge is -2.52. The quantitative estimate of drug-likeness (QED) is 0.629. The lowest BCUT2D eigenvalue weighted by Crippen LogP contribution is -2.59. The van der Waals surface area contributed by atoms with Crippen molar-refractivity contribution >= 4 is 29.3 Å². The van der Waals surface area contributed by atoms with Crippen LogP contribution in [0.2, 0.25) is 0 Å². The zero-order valence-electron chi connectivity index (χ0n) is 20.1. The maximum Gasteiger partial charge on any atom is 0.255 e. The Hall–Kier alpha value is -2.94. The van der Waals surface area contributed by atoms with Crippen molar-refractivity contribution in [3.8, 4) is 0 Å². The van der Waals surface area contributed by atoms with Gasteiger partial charge in [-0.1, -0.05) is 0 Å². The van der Waals surface area contributed by atoms with Crippen molar-refractivity contribution < 1.29 is 19.2 Å². The Balaban J connectivity index is 1.10. The van der Waals surface area contributed by atoms with E-state index in [-0.39, 0.29) is 29.2 Å². The molecule has 3 saturated carbocycles. The van der Waals surface area contributed by atoms with Gasteiger partial charge in [-0.3, -0.25) is 24.5 Å². The van der Waals surface area contributed by atoms with Crippen LogP contribution in [-0.2, 0) is 20.9 Å². The molecule has 0 aromatic heterocycles. The number of benzene rings is 1. The fraction of sp³-hybridized carbons (Fsp3) is 0.615. The van der Waals surface area contributed by atoms with Crippen LogP contribution in [0.15, 0.2) is 18.2 Å². The number of imide groups is 1. The third kappa shape index (κ3) is 3.71.